The Labute approximate surface area is 208 Å². The summed E-state index contributed by atoms with van der Waals surface area (Å²) in [5.74, 6) is -0.916. The van der Waals surface area contributed by atoms with Crippen LogP contribution in [-0.4, -0.2) is 49.1 Å². The summed E-state index contributed by atoms with van der Waals surface area (Å²) in [6.07, 6.45) is 5.21. The minimum Gasteiger partial charge on any atom is -0.461 e. The van der Waals surface area contributed by atoms with Crippen LogP contribution in [0.3, 0.4) is 0 Å². The smallest absolute Gasteiger partial charge is 0.359 e. The highest BCUT2D eigenvalue weighted by Crippen LogP contribution is 2.25. The lowest BCUT2D eigenvalue weighted by Crippen LogP contribution is -2.39. The van der Waals surface area contributed by atoms with Crippen LogP contribution in [0.2, 0.25) is 0 Å². The molecule has 1 aliphatic heterocycles. The number of nitrogens with zero attached hydrogens (tertiary/aromatic N) is 5. The highest BCUT2D eigenvalue weighted by Gasteiger charge is 2.32. The van der Waals surface area contributed by atoms with Crippen LogP contribution < -0.4 is 5.56 Å². The first-order valence-electron chi connectivity index (χ1n) is 12.1. The molecule has 0 aliphatic carbocycles. The lowest BCUT2D eigenvalue weighted by Gasteiger charge is -2.27. The molecule has 0 bridgehead atoms. The number of pyridine rings is 1. The second kappa shape index (κ2) is 10.2. The number of rotatable bonds is 7. The molecule has 1 aromatic carbocycles. The summed E-state index contributed by atoms with van der Waals surface area (Å²) in [6, 6.07) is 15.4. The molecule has 5 rings (SSSR count). The van der Waals surface area contributed by atoms with Crippen molar-refractivity contribution in [3.8, 4) is 0 Å². The van der Waals surface area contributed by atoms with Crippen molar-refractivity contribution in [1.82, 2.24) is 24.1 Å². The summed E-state index contributed by atoms with van der Waals surface area (Å²) < 4.78 is 8.48. The Balaban J connectivity index is 1.40. The van der Waals surface area contributed by atoms with Gasteiger partial charge in [0.15, 0.2) is 5.69 Å². The second-order valence-corrected chi connectivity index (χ2v) is 8.69. The summed E-state index contributed by atoms with van der Waals surface area (Å²) in [7, 11) is 0. The van der Waals surface area contributed by atoms with Gasteiger partial charge in [0.05, 0.1) is 13.2 Å². The SMILES string of the molecule is CCOC(=O)c1nn(CCCc2ccccc2)c2c1CN(C(=O)c1cnc3ccccn3c1=O)CC2. The number of aromatic nitrogens is 4. The first-order chi connectivity index (χ1) is 17.6. The van der Waals surface area contributed by atoms with Gasteiger partial charge in [-0.15, -0.1) is 0 Å². The fourth-order valence-corrected chi connectivity index (χ4v) is 4.63. The Morgan fingerprint density at radius 1 is 1.08 bits per heavy atom. The van der Waals surface area contributed by atoms with Crippen LogP contribution in [0, 0.1) is 0 Å². The van der Waals surface area contributed by atoms with Gasteiger partial charge >= 0.3 is 5.97 Å². The van der Waals surface area contributed by atoms with E-state index >= 15 is 0 Å². The molecular weight excluding hydrogens is 458 g/mol. The fourth-order valence-electron chi connectivity index (χ4n) is 4.63. The molecule has 0 saturated carbocycles. The van der Waals surface area contributed by atoms with Crippen molar-refractivity contribution < 1.29 is 14.3 Å². The number of carbonyl (C=O) groups is 2. The third kappa shape index (κ3) is 4.51. The maximum Gasteiger partial charge on any atom is 0.359 e. The summed E-state index contributed by atoms with van der Waals surface area (Å²) in [5, 5.41) is 4.59. The minimum absolute atomic E-state index is 0.00455. The molecular formula is C27H27N5O4. The molecule has 4 aromatic rings. The first kappa shape index (κ1) is 23.5. The van der Waals surface area contributed by atoms with E-state index in [1.165, 1.54) is 16.2 Å². The quantitative estimate of drug-likeness (QED) is 0.373. The molecule has 0 N–H and O–H groups in total. The lowest BCUT2D eigenvalue weighted by atomic mass is 10.0. The number of carbonyl (C=O) groups excluding carboxylic acids is 2. The summed E-state index contributed by atoms with van der Waals surface area (Å²) >= 11 is 0. The fraction of sp³-hybridized carbons (Fsp3) is 0.296. The predicted octanol–water partition coefficient (Wildman–Crippen LogP) is 2.90. The molecule has 9 nitrogen and oxygen atoms in total. The number of esters is 1. The molecule has 36 heavy (non-hydrogen) atoms. The molecule has 0 fully saturated rings. The van der Waals surface area contributed by atoms with E-state index in [0.29, 0.717) is 30.7 Å². The van der Waals surface area contributed by atoms with Gasteiger partial charge in [0.1, 0.15) is 11.2 Å². The summed E-state index contributed by atoms with van der Waals surface area (Å²) in [4.78, 5) is 44.8. The molecule has 0 spiro atoms. The largest absolute Gasteiger partial charge is 0.461 e. The van der Waals surface area contributed by atoms with Gasteiger partial charge in [-0.25, -0.2) is 9.78 Å². The highest BCUT2D eigenvalue weighted by molar-refractivity contribution is 5.94. The Morgan fingerprint density at radius 2 is 1.89 bits per heavy atom. The zero-order chi connectivity index (χ0) is 25.1. The van der Waals surface area contributed by atoms with Crippen molar-refractivity contribution in [2.75, 3.05) is 13.2 Å². The van der Waals surface area contributed by atoms with Gasteiger partial charge in [-0.05, 0) is 37.5 Å². The standard InChI is InChI=1S/C27H27N5O4/c1-2-36-27(35)24-21-18-30(25(33)20-17-28-23-12-6-7-14-31(23)26(20)34)16-13-22(21)32(29-24)15-8-11-19-9-4-3-5-10-19/h3-7,9-10,12,14,17H,2,8,11,13,15-16,18H2,1H3. The predicted molar refractivity (Wildman–Crippen MR) is 133 cm³/mol. The van der Waals surface area contributed by atoms with Crippen molar-refractivity contribution in [3.63, 3.8) is 0 Å². The van der Waals surface area contributed by atoms with Crippen LogP contribution >= 0.6 is 0 Å². The average Bonchev–Trinajstić information content (AvgIpc) is 3.27. The third-order valence-corrected chi connectivity index (χ3v) is 6.41. The zero-order valence-corrected chi connectivity index (χ0v) is 20.1. The molecule has 4 heterocycles. The Kier molecular flexibility index (Phi) is 6.62. The van der Waals surface area contributed by atoms with Gasteiger partial charge in [0.2, 0.25) is 0 Å². The lowest BCUT2D eigenvalue weighted by molar-refractivity contribution is 0.0513. The second-order valence-electron chi connectivity index (χ2n) is 8.69. The van der Waals surface area contributed by atoms with Gasteiger partial charge in [-0.3, -0.25) is 18.7 Å². The molecule has 9 heteroatoms. The molecule has 0 saturated heterocycles. The number of hydrogen-bond acceptors (Lipinski definition) is 6. The van der Waals surface area contributed by atoms with Gasteiger partial charge in [0, 0.05) is 43.2 Å². The van der Waals surface area contributed by atoms with Crippen molar-refractivity contribution >= 4 is 17.5 Å². The minimum atomic E-state index is -0.503. The number of hydrogen-bond donors (Lipinski definition) is 0. The number of benzene rings is 1. The van der Waals surface area contributed by atoms with Crippen LogP contribution in [0.5, 0.6) is 0 Å². The maximum absolute atomic E-state index is 13.3. The molecule has 184 valence electrons. The molecule has 1 amide bonds. The van der Waals surface area contributed by atoms with Gasteiger partial charge in [0.25, 0.3) is 11.5 Å². The Morgan fingerprint density at radius 3 is 2.69 bits per heavy atom. The molecule has 0 atom stereocenters. The molecule has 0 unspecified atom stereocenters. The number of fused-ring (bicyclic) bond motifs is 2. The normalized spacial score (nSPS) is 13.0. The van der Waals surface area contributed by atoms with E-state index in [1.807, 2.05) is 22.9 Å². The number of aryl methyl sites for hydroxylation is 2. The number of ether oxygens (including phenoxy) is 1. The van der Waals surface area contributed by atoms with E-state index in [-0.39, 0.29) is 24.4 Å². The van der Waals surface area contributed by atoms with Crippen LogP contribution in [0.1, 0.15) is 51.0 Å². The van der Waals surface area contributed by atoms with E-state index in [9.17, 15) is 14.4 Å². The Hall–Kier alpha value is -4.27. The van der Waals surface area contributed by atoms with Crippen LogP contribution in [0.4, 0.5) is 0 Å². The molecule has 0 radical (unpaired) electrons. The third-order valence-electron chi connectivity index (χ3n) is 6.41. The first-order valence-corrected chi connectivity index (χ1v) is 12.1. The highest BCUT2D eigenvalue weighted by atomic mass is 16.5. The van der Waals surface area contributed by atoms with Crippen LogP contribution in [0.25, 0.3) is 5.65 Å². The van der Waals surface area contributed by atoms with Crippen molar-refractivity contribution in [2.45, 2.75) is 39.3 Å². The summed E-state index contributed by atoms with van der Waals surface area (Å²) in [6.45, 7) is 3.22. The van der Waals surface area contributed by atoms with Crippen LogP contribution in [0.15, 0.2) is 65.7 Å². The van der Waals surface area contributed by atoms with Crippen molar-refractivity contribution in [3.05, 3.63) is 99.4 Å². The van der Waals surface area contributed by atoms with Gasteiger partial charge in [-0.1, -0.05) is 36.4 Å². The maximum atomic E-state index is 13.3. The van der Waals surface area contributed by atoms with E-state index in [0.717, 1.165) is 18.5 Å². The monoisotopic (exact) mass is 485 g/mol. The number of amides is 1. The summed E-state index contributed by atoms with van der Waals surface area (Å²) in [5.41, 5.74) is 3.15. The van der Waals surface area contributed by atoms with Crippen molar-refractivity contribution in [2.24, 2.45) is 0 Å². The topological polar surface area (TPSA) is 98.8 Å². The Bertz CT molecular complexity index is 1470. The molecule has 1 aliphatic rings. The zero-order valence-electron chi connectivity index (χ0n) is 20.1. The molecule has 3 aromatic heterocycles. The van der Waals surface area contributed by atoms with Gasteiger partial charge < -0.3 is 9.64 Å². The average molecular weight is 486 g/mol. The van der Waals surface area contributed by atoms with E-state index in [4.69, 9.17) is 4.74 Å². The van der Waals surface area contributed by atoms with E-state index < -0.39 is 17.4 Å². The van der Waals surface area contributed by atoms with E-state index in [2.05, 4.69) is 22.2 Å². The van der Waals surface area contributed by atoms with Crippen molar-refractivity contribution in [1.29, 1.82) is 0 Å². The van der Waals surface area contributed by atoms with E-state index in [1.54, 1.807) is 36.2 Å². The van der Waals surface area contributed by atoms with Crippen LogP contribution in [-0.2, 0) is 30.7 Å². The van der Waals surface area contributed by atoms with Gasteiger partial charge in [-0.2, -0.15) is 5.10 Å².